The highest BCUT2D eigenvalue weighted by molar-refractivity contribution is 5.33. The smallest absolute Gasteiger partial charge is 0.216 e. The third kappa shape index (κ3) is 3.34. The Kier molecular flexibility index (Phi) is 5.15. The van der Waals surface area contributed by atoms with Crippen molar-refractivity contribution in [1.82, 2.24) is 0 Å². The van der Waals surface area contributed by atoms with Gasteiger partial charge in [-0.05, 0) is 61.3 Å². The molecule has 3 aliphatic carbocycles. The zero-order valence-electron chi connectivity index (χ0n) is 16.3. The molecule has 0 aromatic heterocycles. The average Bonchev–Trinajstić information content (AvgIpc) is 2.70. The van der Waals surface area contributed by atoms with Crippen LogP contribution in [0.1, 0.15) is 82.3 Å². The van der Waals surface area contributed by atoms with Crippen LogP contribution in [0.15, 0.2) is 24.3 Å². The molecule has 0 spiro atoms. The maximum Gasteiger partial charge on any atom is 0.216 e. The Hall–Kier alpha value is -0.900. The predicted molar refractivity (Wildman–Crippen MR) is 103 cm³/mol. The van der Waals surface area contributed by atoms with Crippen LogP contribution < -0.4 is 0 Å². The van der Waals surface area contributed by atoms with E-state index in [1.54, 1.807) is 0 Å². The fourth-order valence-electron chi connectivity index (χ4n) is 5.59. The van der Waals surface area contributed by atoms with Gasteiger partial charge in [-0.25, -0.2) is 0 Å². The number of fused-ring (bicyclic) bond motifs is 3. The van der Waals surface area contributed by atoms with Crippen LogP contribution in [0.2, 0.25) is 0 Å². The van der Waals surface area contributed by atoms with E-state index in [0.717, 1.165) is 5.56 Å². The molecule has 144 valence electrons. The normalized spacial score (nSPS) is 37.0. The van der Waals surface area contributed by atoms with Crippen LogP contribution >= 0.6 is 0 Å². The first-order valence-corrected chi connectivity index (χ1v) is 10.7. The number of ether oxygens (including phenoxy) is 2. The number of unbranched alkanes of at least 4 members (excludes halogenated alkanes) is 2. The Labute approximate surface area is 158 Å². The van der Waals surface area contributed by atoms with Crippen molar-refractivity contribution in [2.45, 2.75) is 82.3 Å². The molecule has 3 nitrogen and oxygen atoms in total. The van der Waals surface area contributed by atoms with Crippen LogP contribution in [-0.2, 0) is 20.7 Å². The molecule has 2 bridgehead atoms. The number of rotatable bonds is 6. The molecule has 26 heavy (non-hydrogen) atoms. The summed E-state index contributed by atoms with van der Waals surface area (Å²) in [5, 5.41) is 10.7. The molecule has 1 aromatic carbocycles. The molecule has 1 saturated heterocycles. The second kappa shape index (κ2) is 7.26. The van der Waals surface area contributed by atoms with E-state index in [4.69, 9.17) is 9.47 Å². The first-order valence-electron chi connectivity index (χ1n) is 10.7. The van der Waals surface area contributed by atoms with Crippen molar-refractivity contribution in [2.24, 2.45) is 5.41 Å². The van der Waals surface area contributed by atoms with Gasteiger partial charge < -0.3 is 14.6 Å². The highest BCUT2D eigenvalue weighted by atomic mass is 16.7. The number of hydrogen-bond acceptors (Lipinski definition) is 3. The SMILES string of the molecule is CCCCCC12CCC(c3ccc(C4(O)COCCO4)cc3)(CC1)CC2. The summed E-state index contributed by atoms with van der Waals surface area (Å²) in [6.45, 7) is 3.53. The molecular formula is C23H34O3. The van der Waals surface area contributed by atoms with Crippen LogP contribution in [0.4, 0.5) is 0 Å². The monoisotopic (exact) mass is 358 g/mol. The van der Waals surface area contributed by atoms with Gasteiger partial charge in [0.25, 0.3) is 0 Å². The fourth-order valence-corrected chi connectivity index (χ4v) is 5.59. The molecule has 3 heteroatoms. The van der Waals surface area contributed by atoms with E-state index in [0.29, 0.717) is 24.0 Å². The molecule has 1 aromatic rings. The molecule has 0 amide bonds. The van der Waals surface area contributed by atoms with Gasteiger partial charge in [0.1, 0.15) is 6.61 Å². The first-order chi connectivity index (χ1) is 12.6. The summed E-state index contributed by atoms with van der Waals surface area (Å²) in [5.41, 5.74) is 3.30. The van der Waals surface area contributed by atoms with Gasteiger partial charge in [-0.3, -0.25) is 0 Å². The van der Waals surface area contributed by atoms with Crippen molar-refractivity contribution in [1.29, 1.82) is 0 Å². The third-order valence-electron chi connectivity index (χ3n) is 7.53. The van der Waals surface area contributed by atoms with Crippen LogP contribution in [0.25, 0.3) is 0 Å². The maximum absolute atomic E-state index is 10.7. The highest BCUT2D eigenvalue weighted by Crippen LogP contribution is 2.59. The molecule has 0 radical (unpaired) electrons. The Bertz CT molecular complexity index is 576. The van der Waals surface area contributed by atoms with Crippen LogP contribution in [0.5, 0.6) is 0 Å². The van der Waals surface area contributed by atoms with E-state index in [-0.39, 0.29) is 6.61 Å². The van der Waals surface area contributed by atoms with Crippen molar-refractivity contribution in [3.05, 3.63) is 35.4 Å². The summed E-state index contributed by atoms with van der Waals surface area (Å²) < 4.78 is 11.0. The van der Waals surface area contributed by atoms with E-state index in [1.165, 1.54) is 69.8 Å². The van der Waals surface area contributed by atoms with E-state index in [2.05, 4.69) is 31.2 Å². The number of hydrogen-bond donors (Lipinski definition) is 1. The zero-order chi connectivity index (χ0) is 18.1. The van der Waals surface area contributed by atoms with Gasteiger partial charge >= 0.3 is 0 Å². The van der Waals surface area contributed by atoms with Crippen molar-refractivity contribution < 1.29 is 14.6 Å². The molecule has 4 aliphatic rings. The molecule has 4 fully saturated rings. The van der Waals surface area contributed by atoms with Crippen LogP contribution in [0, 0.1) is 5.41 Å². The van der Waals surface area contributed by atoms with Crippen LogP contribution in [0.3, 0.4) is 0 Å². The Morgan fingerprint density at radius 3 is 2.12 bits per heavy atom. The third-order valence-corrected chi connectivity index (χ3v) is 7.53. The lowest BCUT2D eigenvalue weighted by molar-refractivity contribution is -0.277. The van der Waals surface area contributed by atoms with Gasteiger partial charge in [-0.15, -0.1) is 0 Å². The van der Waals surface area contributed by atoms with Gasteiger partial charge in [0.05, 0.1) is 13.2 Å². The molecule has 1 atom stereocenters. The number of aliphatic hydroxyl groups is 1. The lowest BCUT2D eigenvalue weighted by atomic mass is 9.51. The van der Waals surface area contributed by atoms with Crippen molar-refractivity contribution >= 4 is 0 Å². The van der Waals surface area contributed by atoms with Gasteiger partial charge in [0, 0.05) is 5.56 Å². The van der Waals surface area contributed by atoms with Crippen LogP contribution in [-0.4, -0.2) is 24.9 Å². The summed E-state index contributed by atoms with van der Waals surface area (Å²) in [6.07, 6.45) is 13.8. The topological polar surface area (TPSA) is 38.7 Å². The van der Waals surface area contributed by atoms with Crippen molar-refractivity contribution in [3.63, 3.8) is 0 Å². The largest absolute Gasteiger partial charge is 0.373 e. The standard InChI is InChI=1S/C23H34O3/c1-2-3-4-9-21-10-13-22(14-11-21,15-12-21)19-5-7-20(8-6-19)23(24)18-25-16-17-26-23/h5-8,24H,2-4,9-18H2,1H3. The summed E-state index contributed by atoms with van der Waals surface area (Å²) in [6, 6.07) is 8.58. The first kappa shape index (κ1) is 18.5. The summed E-state index contributed by atoms with van der Waals surface area (Å²) in [5.74, 6) is -1.28. The lowest BCUT2D eigenvalue weighted by Crippen LogP contribution is -2.44. The average molecular weight is 359 g/mol. The quantitative estimate of drug-likeness (QED) is 0.723. The van der Waals surface area contributed by atoms with E-state index < -0.39 is 5.79 Å². The van der Waals surface area contributed by atoms with Crippen molar-refractivity contribution in [2.75, 3.05) is 19.8 Å². The lowest BCUT2D eigenvalue weighted by Gasteiger charge is -2.54. The molecule has 1 heterocycles. The van der Waals surface area contributed by atoms with Gasteiger partial charge in [0.2, 0.25) is 5.79 Å². The molecule has 1 aliphatic heterocycles. The van der Waals surface area contributed by atoms with Gasteiger partial charge in [0.15, 0.2) is 0 Å². The summed E-state index contributed by atoms with van der Waals surface area (Å²) in [4.78, 5) is 0. The summed E-state index contributed by atoms with van der Waals surface area (Å²) in [7, 11) is 0. The second-order valence-corrected chi connectivity index (χ2v) is 9.00. The predicted octanol–water partition coefficient (Wildman–Crippen LogP) is 5.05. The second-order valence-electron chi connectivity index (χ2n) is 9.00. The van der Waals surface area contributed by atoms with E-state index >= 15 is 0 Å². The molecule has 5 rings (SSSR count). The minimum Gasteiger partial charge on any atom is -0.373 e. The van der Waals surface area contributed by atoms with Gasteiger partial charge in [-0.1, -0.05) is 50.5 Å². The maximum atomic E-state index is 10.7. The molecule has 3 saturated carbocycles. The Balaban J connectivity index is 1.44. The van der Waals surface area contributed by atoms with E-state index in [1.807, 2.05) is 0 Å². The molecule has 1 unspecified atom stereocenters. The molecule has 1 N–H and O–H groups in total. The Morgan fingerprint density at radius 1 is 0.885 bits per heavy atom. The van der Waals surface area contributed by atoms with Gasteiger partial charge in [-0.2, -0.15) is 0 Å². The van der Waals surface area contributed by atoms with Crippen molar-refractivity contribution in [3.8, 4) is 0 Å². The number of benzene rings is 1. The molecular weight excluding hydrogens is 324 g/mol. The fraction of sp³-hybridized carbons (Fsp3) is 0.739. The zero-order valence-corrected chi connectivity index (χ0v) is 16.3. The highest BCUT2D eigenvalue weighted by Gasteiger charge is 2.48. The summed E-state index contributed by atoms with van der Waals surface area (Å²) >= 11 is 0. The Morgan fingerprint density at radius 2 is 1.54 bits per heavy atom. The minimum absolute atomic E-state index is 0.220. The minimum atomic E-state index is -1.28. The van der Waals surface area contributed by atoms with E-state index in [9.17, 15) is 5.11 Å².